The Bertz CT molecular complexity index is 812. The Morgan fingerprint density at radius 2 is 1.92 bits per heavy atom. The average molecular weight is 344 g/mol. The summed E-state index contributed by atoms with van der Waals surface area (Å²) in [5.41, 5.74) is 2.19. The number of phenolic OH excluding ortho intramolecular Hbond substituents is 1. The lowest BCUT2D eigenvalue weighted by Gasteiger charge is -2.18. The third kappa shape index (κ3) is 3.81. The maximum Gasteiger partial charge on any atom is 0.342 e. The van der Waals surface area contributed by atoms with Crippen LogP contribution in [0.1, 0.15) is 47.0 Å². The van der Waals surface area contributed by atoms with Gasteiger partial charge in [-0.1, -0.05) is 5.16 Å². The molecule has 1 atom stereocenters. The van der Waals surface area contributed by atoms with Crippen molar-refractivity contribution in [2.75, 3.05) is 5.32 Å². The van der Waals surface area contributed by atoms with E-state index >= 15 is 0 Å². The standard InChI is InChI=1S/C18H20N2O5/c1-10-7-16(20-25-10)19-17(22)11(2)24-18(23)14-8-12-5-3-4-6-13(12)9-15(14)21/h7-9,11,21H,3-6H2,1-2H3,(H,19,20,22). The van der Waals surface area contributed by atoms with E-state index in [2.05, 4.69) is 10.5 Å². The number of nitrogens with one attached hydrogen (secondary N) is 1. The van der Waals surface area contributed by atoms with E-state index in [1.165, 1.54) is 6.92 Å². The lowest BCUT2D eigenvalue weighted by atomic mass is 9.90. The van der Waals surface area contributed by atoms with Crippen molar-refractivity contribution in [1.82, 2.24) is 5.16 Å². The van der Waals surface area contributed by atoms with Crippen LogP contribution in [-0.2, 0) is 22.4 Å². The molecule has 0 aliphatic heterocycles. The van der Waals surface area contributed by atoms with Crippen LogP contribution in [0, 0.1) is 6.92 Å². The van der Waals surface area contributed by atoms with Crippen LogP contribution in [-0.4, -0.2) is 28.2 Å². The second kappa shape index (κ2) is 6.96. The van der Waals surface area contributed by atoms with E-state index in [-0.39, 0.29) is 17.1 Å². The Labute approximate surface area is 145 Å². The van der Waals surface area contributed by atoms with Crippen LogP contribution in [0.5, 0.6) is 5.75 Å². The topological polar surface area (TPSA) is 102 Å². The highest BCUT2D eigenvalue weighted by atomic mass is 16.5. The van der Waals surface area contributed by atoms with Crippen molar-refractivity contribution in [3.05, 3.63) is 40.6 Å². The molecule has 1 aromatic carbocycles. The van der Waals surface area contributed by atoms with Gasteiger partial charge in [0.15, 0.2) is 11.9 Å². The van der Waals surface area contributed by atoms with Crippen LogP contribution in [0.2, 0.25) is 0 Å². The molecule has 2 N–H and O–H groups in total. The van der Waals surface area contributed by atoms with Crippen LogP contribution >= 0.6 is 0 Å². The number of benzene rings is 1. The van der Waals surface area contributed by atoms with E-state index in [1.807, 2.05) is 0 Å². The van der Waals surface area contributed by atoms with Gasteiger partial charge in [0.2, 0.25) is 0 Å². The number of aromatic hydroxyl groups is 1. The van der Waals surface area contributed by atoms with Gasteiger partial charge in [0.1, 0.15) is 17.1 Å². The Morgan fingerprint density at radius 1 is 1.24 bits per heavy atom. The summed E-state index contributed by atoms with van der Waals surface area (Å²) < 4.78 is 10.0. The van der Waals surface area contributed by atoms with E-state index in [9.17, 15) is 14.7 Å². The van der Waals surface area contributed by atoms with E-state index in [0.29, 0.717) is 5.76 Å². The fourth-order valence-corrected chi connectivity index (χ4v) is 2.87. The van der Waals surface area contributed by atoms with E-state index in [0.717, 1.165) is 36.8 Å². The first-order chi connectivity index (χ1) is 11.9. The van der Waals surface area contributed by atoms with Crippen molar-refractivity contribution in [1.29, 1.82) is 0 Å². The number of anilines is 1. The van der Waals surface area contributed by atoms with Crippen molar-refractivity contribution >= 4 is 17.7 Å². The van der Waals surface area contributed by atoms with Gasteiger partial charge >= 0.3 is 5.97 Å². The lowest BCUT2D eigenvalue weighted by molar-refractivity contribution is -0.123. The molecule has 7 nitrogen and oxygen atoms in total. The average Bonchev–Trinajstić information content (AvgIpc) is 2.98. The molecule has 1 aliphatic rings. The minimum absolute atomic E-state index is 0.0811. The van der Waals surface area contributed by atoms with Crippen LogP contribution < -0.4 is 5.32 Å². The fraction of sp³-hybridized carbons (Fsp3) is 0.389. The zero-order valence-corrected chi connectivity index (χ0v) is 14.2. The minimum atomic E-state index is -1.04. The smallest absolute Gasteiger partial charge is 0.342 e. The van der Waals surface area contributed by atoms with E-state index in [4.69, 9.17) is 9.26 Å². The molecule has 132 valence electrons. The van der Waals surface area contributed by atoms with Crippen LogP contribution in [0.4, 0.5) is 5.82 Å². The maximum absolute atomic E-state index is 12.3. The number of amides is 1. The third-order valence-corrected chi connectivity index (χ3v) is 4.21. The lowest BCUT2D eigenvalue weighted by Crippen LogP contribution is -2.30. The van der Waals surface area contributed by atoms with Crippen molar-refractivity contribution in [3.8, 4) is 5.75 Å². The summed E-state index contributed by atoms with van der Waals surface area (Å²) in [6, 6.07) is 4.84. The highest BCUT2D eigenvalue weighted by molar-refractivity contribution is 5.98. The number of aryl methyl sites for hydroxylation is 3. The minimum Gasteiger partial charge on any atom is -0.507 e. The number of phenols is 1. The number of carbonyl (C=O) groups is 2. The molecular weight excluding hydrogens is 324 g/mol. The summed E-state index contributed by atoms with van der Waals surface area (Å²) in [6.07, 6.45) is 2.86. The number of ether oxygens (including phenoxy) is 1. The van der Waals surface area contributed by atoms with Gasteiger partial charge in [-0.2, -0.15) is 0 Å². The third-order valence-electron chi connectivity index (χ3n) is 4.21. The number of hydrogen-bond acceptors (Lipinski definition) is 6. The summed E-state index contributed by atoms with van der Waals surface area (Å²) in [5.74, 6) is -0.574. The Kier molecular flexibility index (Phi) is 4.74. The molecule has 1 heterocycles. The molecule has 3 rings (SSSR count). The first-order valence-corrected chi connectivity index (χ1v) is 8.24. The normalized spacial score (nSPS) is 14.5. The molecule has 0 saturated carbocycles. The fourth-order valence-electron chi connectivity index (χ4n) is 2.87. The zero-order valence-electron chi connectivity index (χ0n) is 14.2. The monoisotopic (exact) mass is 344 g/mol. The quantitative estimate of drug-likeness (QED) is 0.827. The maximum atomic E-state index is 12.3. The van der Waals surface area contributed by atoms with Crippen LogP contribution in [0.25, 0.3) is 0 Å². The summed E-state index contributed by atoms with van der Waals surface area (Å²) in [4.78, 5) is 24.4. The molecule has 25 heavy (non-hydrogen) atoms. The first kappa shape index (κ1) is 17.0. The SMILES string of the molecule is Cc1cc(NC(=O)C(C)OC(=O)c2cc3c(cc2O)CCCC3)no1. The number of esters is 1. The Balaban J connectivity index is 1.68. The number of carbonyl (C=O) groups excluding carboxylic acids is 2. The summed E-state index contributed by atoms with van der Waals surface area (Å²) in [6.45, 7) is 3.15. The van der Waals surface area contributed by atoms with Crippen LogP contribution in [0.15, 0.2) is 22.7 Å². The van der Waals surface area contributed by atoms with Gasteiger partial charge in [0.25, 0.3) is 5.91 Å². The molecule has 0 saturated heterocycles. The highest BCUT2D eigenvalue weighted by Gasteiger charge is 2.23. The Hall–Kier alpha value is -2.83. The number of hydrogen-bond donors (Lipinski definition) is 2. The van der Waals surface area contributed by atoms with Gasteiger partial charge in [0.05, 0.1) is 0 Å². The molecule has 1 aliphatic carbocycles. The van der Waals surface area contributed by atoms with Gasteiger partial charge in [0, 0.05) is 6.07 Å². The van der Waals surface area contributed by atoms with Crippen molar-refractivity contribution in [3.63, 3.8) is 0 Å². The molecule has 1 aromatic heterocycles. The van der Waals surface area contributed by atoms with Gasteiger partial charge in [-0.25, -0.2) is 4.79 Å². The number of rotatable bonds is 4. The predicted molar refractivity (Wildman–Crippen MR) is 89.5 cm³/mol. The summed E-state index contributed by atoms with van der Waals surface area (Å²) in [7, 11) is 0. The molecule has 0 radical (unpaired) electrons. The summed E-state index contributed by atoms with van der Waals surface area (Å²) >= 11 is 0. The number of fused-ring (bicyclic) bond motifs is 1. The van der Waals surface area contributed by atoms with Crippen LogP contribution in [0.3, 0.4) is 0 Å². The largest absolute Gasteiger partial charge is 0.507 e. The van der Waals surface area contributed by atoms with Crippen molar-refractivity contribution < 1.29 is 24.0 Å². The van der Waals surface area contributed by atoms with Gasteiger partial charge < -0.3 is 19.7 Å². The molecule has 0 spiro atoms. The number of aromatic nitrogens is 1. The summed E-state index contributed by atoms with van der Waals surface area (Å²) in [5, 5.41) is 16.3. The zero-order chi connectivity index (χ0) is 18.0. The molecule has 1 amide bonds. The van der Waals surface area contributed by atoms with Crippen molar-refractivity contribution in [2.24, 2.45) is 0 Å². The molecule has 0 bridgehead atoms. The highest BCUT2D eigenvalue weighted by Crippen LogP contribution is 2.29. The van der Waals surface area contributed by atoms with Gasteiger partial charge in [-0.15, -0.1) is 0 Å². The second-order valence-electron chi connectivity index (χ2n) is 6.20. The predicted octanol–water partition coefficient (Wildman–Crippen LogP) is 2.75. The molecule has 2 aromatic rings. The van der Waals surface area contributed by atoms with Gasteiger partial charge in [-0.05, 0) is 62.8 Å². The second-order valence-corrected chi connectivity index (χ2v) is 6.20. The number of nitrogens with zero attached hydrogens (tertiary/aromatic N) is 1. The molecular formula is C18H20N2O5. The van der Waals surface area contributed by atoms with Crippen molar-refractivity contribution in [2.45, 2.75) is 45.6 Å². The molecule has 1 unspecified atom stereocenters. The molecule has 0 fully saturated rings. The Morgan fingerprint density at radius 3 is 2.56 bits per heavy atom. The van der Waals surface area contributed by atoms with Gasteiger partial charge in [-0.3, -0.25) is 4.79 Å². The first-order valence-electron chi connectivity index (χ1n) is 8.24. The van der Waals surface area contributed by atoms with E-state index < -0.39 is 18.0 Å². The van der Waals surface area contributed by atoms with E-state index in [1.54, 1.807) is 25.1 Å². The molecule has 7 heteroatoms.